The monoisotopic (exact) mass is 249 g/mol. The molecule has 2 saturated carbocycles. The van der Waals surface area contributed by atoms with Crippen LogP contribution in [0, 0.1) is 23.2 Å². The lowest BCUT2D eigenvalue weighted by atomic mass is 9.53. The molecule has 0 saturated heterocycles. The van der Waals surface area contributed by atoms with Crippen molar-refractivity contribution < 1.29 is 4.79 Å². The van der Waals surface area contributed by atoms with Crippen LogP contribution in [0.2, 0.25) is 0 Å². The van der Waals surface area contributed by atoms with E-state index in [-0.39, 0.29) is 0 Å². The van der Waals surface area contributed by atoms with Gasteiger partial charge in [0.15, 0.2) is 0 Å². The molecular formula is C16H27NO. The molecule has 0 aromatic heterocycles. The van der Waals surface area contributed by atoms with Crippen molar-refractivity contribution in [1.29, 1.82) is 0 Å². The predicted octanol–water partition coefficient (Wildman–Crippen LogP) is 3.53. The Morgan fingerprint density at radius 1 is 1.44 bits per heavy atom. The maximum atomic E-state index is 11.0. The molecule has 0 aliphatic heterocycles. The molecule has 0 aromatic rings. The van der Waals surface area contributed by atoms with Crippen LogP contribution in [0.15, 0.2) is 12.2 Å². The van der Waals surface area contributed by atoms with Crippen LogP contribution < -0.4 is 5.32 Å². The van der Waals surface area contributed by atoms with Crippen molar-refractivity contribution in [2.75, 3.05) is 0 Å². The first-order chi connectivity index (χ1) is 8.49. The minimum absolute atomic E-state index is 0.300. The van der Waals surface area contributed by atoms with Gasteiger partial charge in [-0.05, 0) is 49.4 Å². The smallest absolute Gasteiger partial charge is 0.207 e. The summed E-state index contributed by atoms with van der Waals surface area (Å²) in [4.78, 5) is 11.0. The van der Waals surface area contributed by atoms with Crippen molar-refractivity contribution in [3.63, 3.8) is 0 Å². The highest BCUT2D eigenvalue weighted by molar-refractivity contribution is 5.47. The van der Waals surface area contributed by atoms with Gasteiger partial charge in [0.25, 0.3) is 0 Å². The lowest BCUT2D eigenvalue weighted by Crippen LogP contribution is -2.55. The van der Waals surface area contributed by atoms with Gasteiger partial charge >= 0.3 is 0 Å². The molecule has 4 atom stereocenters. The van der Waals surface area contributed by atoms with Crippen LogP contribution in [0.5, 0.6) is 0 Å². The number of rotatable bonds is 3. The molecule has 0 bridgehead atoms. The van der Waals surface area contributed by atoms with Crippen molar-refractivity contribution in [2.24, 2.45) is 23.2 Å². The van der Waals surface area contributed by atoms with E-state index in [4.69, 9.17) is 0 Å². The molecule has 1 amide bonds. The Morgan fingerprint density at radius 2 is 2.17 bits per heavy atom. The summed E-state index contributed by atoms with van der Waals surface area (Å²) in [6.45, 7) is 11.3. The van der Waals surface area contributed by atoms with Crippen LogP contribution in [0.25, 0.3) is 0 Å². The molecule has 0 spiro atoms. The van der Waals surface area contributed by atoms with E-state index in [2.05, 4.69) is 32.7 Å². The second kappa shape index (κ2) is 5.07. The highest BCUT2D eigenvalue weighted by atomic mass is 16.1. The quantitative estimate of drug-likeness (QED) is 0.601. The third-order valence-electron chi connectivity index (χ3n) is 5.42. The van der Waals surface area contributed by atoms with Crippen LogP contribution in [0.3, 0.4) is 0 Å². The van der Waals surface area contributed by atoms with Crippen LogP contribution in [0.1, 0.15) is 52.9 Å². The van der Waals surface area contributed by atoms with Crippen LogP contribution in [0.4, 0.5) is 0 Å². The average Bonchev–Trinajstić information content (AvgIpc) is 2.28. The number of hydrogen-bond donors (Lipinski definition) is 1. The maximum absolute atomic E-state index is 11.0. The van der Waals surface area contributed by atoms with Gasteiger partial charge in [0.2, 0.25) is 6.41 Å². The summed E-state index contributed by atoms with van der Waals surface area (Å²) in [7, 11) is 0. The second-order valence-electron chi connectivity index (χ2n) is 6.90. The van der Waals surface area contributed by atoms with Crippen molar-refractivity contribution in [3.05, 3.63) is 12.2 Å². The normalized spacial score (nSPS) is 40.4. The van der Waals surface area contributed by atoms with E-state index in [1.165, 1.54) is 31.3 Å². The van der Waals surface area contributed by atoms with E-state index < -0.39 is 0 Å². The summed E-state index contributed by atoms with van der Waals surface area (Å²) in [6.07, 6.45) is 7.13. The minimum Gasteiger partial charge on any atom is -0.355 e. The maximum Gasteiger partial charge on any atom is 0.207 e. The standard InChI is InChI=1S/C16H27NO/c1-11(2)13-7-9-16(4)8-5-6-12(3)14(16)15(13)17-10-18/h10-11,13-15H,3,5-9H2,1-2,4H3,(H,17,18)/t13-,14+,15?,16+/m0/s1. The molecule has 2 nitrogen and oxygen atoms in total. The topological polar surface area (TPSA) is 29.1 Å². The zero-order valence-electron chi connectivity index (χ0n) is 12.0. The first-order valence-corrected chi connectivity index (χ1v) is 7.37. The van der Waals surface area contributed by atoms with Gasteiger partial charge in [-0.1, -0.05) is 32.9 Å². The summed E-state index contributed by atoms with van der Waals surface area (Å²) >= 11 is 0. The minimum atomic E-state index is 0.300. The van der Waals surface area contributed by atoms with Crippen molar-refractivity contribution in [3.8, 4) is 0 Å². The van der Waals surface area contributed by atoms with E-state index in [9.17, 15) is 4.79 Å². The first-order valence-electron chi connectivity index (χ1n) is 7.37. The lowest BCUT2D eigenvalue weighted by molar-refractivity contribution is -0.112. The third-order valence-corrected chi connectivity index (χ3v) is 5.42. The van der Waals surface area contributed by atoms with Crippen LogP contribution in [-0.2, 0) is 4.79 Å². The molecule has 1 N–H and O–H groups in total. The molecule has 0 radical (unpaired) electrons. The number of nitrogens with one attached hydrogen (secondary N) is 1. The van der Waals surface area contributed by atoms with Gasteiger partial charge in [0, 0.05) is 12.0 Å². The summed E-state index contributed by atoms with van der Waals surface area (Å²) in [5.74, 6) is 1.71. The number of amides is 1. The molecule has 2 fully saturated rings. The van der Waals surface area contributed by atoms with Crippen molar-refractivity contribution in [2.45, 2.75) is 58.9 Å². The zero-order chi connectivity index (χ0) is 13.3. The van der Waals surface area contributed by atoms with E-state index in [0.29, 0.717) is 29.2 Å². The van der Waals surface area contributed by atoms with Gasteiger partial charge in [0.05, 0.1) is 0 Å². The van der Waals surface area contributed by atoms with Gasteiger partial charge in [-0.15, -0.1) is 0 Å². The SMILES string of the molecule is C=C1CCC[C@]2(C)CC[C@@H](C(C)C)C(NC=O)[C@@H]12. The van der Waals surface area contributed by atoms with Crippen molar-refractivity contribution >= 4 is 6.41 Å². The van der Waals surface area contributed by atoms with E-state index in [1.54, 1.807) is 0 Å². The average molecular weight is 249 g/mol. The van der Waals surface area contributed by atoms with E-state index in [0.717, 1.165) is 12.8 Å². The zero-order valence-corrected chi connectivity index (χ0v) is 12.0. The number of carbonyl (C=O) groups excluding carboxylic acids is 1. The number of carbonyl (C=O) groups is 1. The molecule has 0 heterocycles. The van der Waals surface area contributed by atoms with E-state index in [1.807, 2.05) is 0 Å². The Labute approximate surface area is 111 Å². The van der Waals surface area contributed by atoms with Crippen molar-refractivity contribution in [1.82, 2.24) is 5.32 Å². The predicted molar refractivity (Wildman–Crippen MR) is 75.1 cm³/mol. The van der Waals surface area contributed by atoms with Gasteiger partial charge in [0.1, 0.15) is 0 Å². The highest BCUT2D eigenvalue weighted by Gasteiger charge is 2.49. The van der Waals surface area contributed by atoms with Gasteiger partial charge in [-0.25, -0.2) is 0 Å². The van der Waals surface area contributed by atoms with Crippen LogP contribution >= 0.6 is 0 Å². The number of fused-ring (bicyclic) bond motifs is 1. The Kier molecular flexibility index (Phi) is 3.84. The summed E-state index contributed by atoms with van der Waals surface area (Å²) in [5.41, 5.74) is 1.73. The lowest BCUT2D eigenvalue weighted by Gasteiger charge is -2.54. The van der Waals surface area contributed by atoms with Crippen LogP contribution in [-0.4, -0.2) is 12.5 Å². The fourth-order valence-corrected chi connectivity index (χ4v) is 4.46. The molecule has 1 unspecified atom stereocenters. The summed E-state index contributed by atoms with van der Waals surface area (Å²) in [6, 6.07) is 0.300. The van der Waals surface area contributed by atoms with Gasteiger partial charge < -0.3 is 5.32 Å². The molecular weight excluding hydrogens is 222 g/mol. The summed E-state index contributed by atoms with van der Waals surface area (Å²) in [5, 5.41) is 3.13. The van der Waals surface area contributed by atoms with E-state index >= 15 is 0 Å². The highest BCUT2D eigenvalue weighted by Crippen LogP contribution is 2.54. The third kappa shape index (κ3) is 2.22. The molecule has 2 aliphatic rings. The Bertz CT molecular complexity index is 336. The Balaban J connectivity index is 2.30. The molecule has 2 rings (SSSR count). The second-order valence-corrected chi connectivity index (χ2v) is 6.90. The van der Waals surface area contributed by atoms with Gasteiger partial charge in [-0.3, -0.25) is 4.79 Å². The molecule has 2 aliphatic carbocycles. The molecule has 2 heteroatoms. The fourth-order valence-electron chi connectivity index (χ4n) is 4.46. The molecule has 102 valence electrons. The fraction of sp³-hybridized carbons (Fsp3) is 0.812. The molecule has 0 aromatic carbocycles. The molecule has 18 heavy (non-hydrogen) atoms. The Hall–Kier alpha value is -0.790. The largest absolute Gasteiger partial charge is 0.355 e. The summed E-state index contributed by atoms with van der Waals surface area (Å²) < 4.78 is 0. The number of hydrogen-bond acceptors (Lipinski definition) is 1. The first kappa shape index (κ1) is 13.6. The van der Waals surface area contributed by atoms with Gasteiger partial charge in [-0.2, -0.15) is 0 Å². The Morgan fingerprint density at radius 3 is 2.78 bits per heavy atom.